The number of allylic oxidation sites excluding steroid dienone is 5. The average molecular weight is 617 g/mol. The van der Waals surface area contributed by atoms with E-state index in [2.05, 4.69) is 56.2 Å². The van der Waals surface area contributed by atoms with E-state index in [-0.39, 0.29) is 35.6 Å². The van der Waals surface area contributed by atoms with E-state index in [0.717, 1.165) is 22.9 Å². The number of carbonyl (C=O) groups is 1. The van der Waals surface area contributed by atoms with Crippen LogP contribution in [-0.2, 0) is 78.3 Å². The summed E-state index contributed by atoms with van der Waals surface area (Å²) in [6, 6.07) is 0. The molecule has 0 spiro atoms. The maximum absolute atomic E-state index is 12.8. The van der Waals surface area contributed by atoms with Crippen LogP contribution in [0.5, 0.6) is 0 Å². The number of Topliss-reactive ketones (excluding diaryl/α,β-unsaturated/α-hetero) is 1. The molecule has 2 aromatic rings. The molecule has 0 aromatic carbocycles. The van der Waals surface area contributed by atoms with Crippen LogP contribution in [0.15, 0.2) is 50.5 Å². The van der Waals surface area contributed by atoms with Gasteiger partial charge in [0.1, 0.15) is 0 Å². The van der Waals surface area contributed by atoms with E-state index >= 15 is 0 Å². The van der Waals surface area contributed by atoms with Crippen LogP contribution in [0, 0.1) is 0 Å². The Labute approximate surface area is 227 Å². The van der Waals surface area contributed by atoms with Gasteiger partial charge in [0.15, 0.2) is 17.4 Å². The summed E-state index contributed by atoms with van der Waals surface area (Å²) in [5.41, 5.74) is 4.63. The van der Waals surface area contributed by atoms with E-state index in [1.165, 1.54) is 21.8 Å². The largest absolute Gasteiger partial charge is 0 e. The van der Waals surface area contributed by atoms with Gasteiger partial charge in [-0.1, -0.05) is 0 Å². The predicted octanol–water partition coefficient (Wildman–Crippen LogP) is 1.64. The van der Waals surface area contributed by atoms with Crippen LogP contribution in [0.25, 0.3) is 0 Å². The van der Waals surface area contributed by atoms with Gasteiger partial charge in [0.2, 0.25) is 0 Å². The zero-order valence-electron chi connectivity index (χ0n) is 16.3. The molecule has 0 saturated carbocycles. The van der Waals surface area contributed by atoms with Crippen molar-refractivity contribution in [1.82, 2.24) is 29.7 Å². The monoisotopic (exact) mass is 613 g/mol. The molecule has 1 aliphatic rings. The van der Waals surface area contributed by atoms with Crippen molar-refractivity contribution >= 4 is 72.2 Å². The smallest absolute Gasteiger partial charge is 0 e. The predicted molar refractivity (Wildman–Crippen MR) is 121 cm³/mol. The first-order valence-corrected chi connectivity index (χ1v) is 14.1. The second-order valence-electron chi connectivity index (χ2n) is 5.55. The number of carbonyl (C=O) groups excluding carboxylic acids is 1. The number of ketones is 1. The normalized spacial score (nSPS) is 14.6. The molecule has 0 aliphatic heterocycles. The van der Waals surface area contributed by atoms with E-state index in [4.69, 9.17) is 34.9 Å². The van der Waals surface area contributed by atoms with Crippen LogP contribution in [0.1, 0.15) is 18.6 Å². The van der Waals surface area contributed by atoms with Gasteiger partial charge in [0.25, 0.3) is 0 Å². The number of hydrogen-bond donors (Lipinski definition) is 3. The van der Waals surface area contributed by atoms with Gasteiger partial charge in [0.05, 0.1) is 17.7 Å². The summed E-state index contributed by atoms with van der Waals surface area (Å²) in [7, 11) is 4.76. The van der Waals surface area contributed by atoms with Gasteiger partial charge in [-0.3, -0.25) is 10.2 Å². The van der Waals surface area contributed by atoms with Crippen molar-refractivity contribution in [2.75, 3.05) is 5.43 Å². The standard InChI is InChI=1S/C15H16N8OS4.ClH.2Zn/c1-8-2-9(4-16-22-11(6-25)18-20-14(22)27)13(24)10(3-8)5-17-23-12(7-26)19-21-15(23)28;;;/h2-5,16,25-26H,6-7H2,1H3,(H,20,27)(H,21,28);1H;;/q;;;+2/p-3/b9-4-,17-5-;;;. The summed E-state index contributed by atoms with van der Waals surface area (Å²) >= 11 is 19.4. The van der Waals surface area contributed by atoms with E-state index in [1.807, 2.05) is 6.92 Å². The van der Waals surface area contributed by atoms with E-state index in [9.17, 15) is 4.79 Å². The third kappa shape index (κ3) is 7.15. The molecule has 1 N–H and O–H groups in total. The van der Waals surface area contributed by atoms with Gasteiger partial charge in [-0.2, -0.15) is 40.6 Å². The van der Waals surface area contributed by atoms with Gasteiger partial charge in [-0.05, 0) is 24.6 Å². The third-order valence-electron chi connectivity index (χ3n) is 3.61. The molecule has 0 radical (unpaired) electrons. The van der Waals surface area contributed by atoms with Crippen molar-refractivity contribution in [3.05, 3.63) is 46.7 Å². The molecule has 0 fully saturated rings. The minimum atomic E-state index is -0.223. The summed E-state index contributed by atoms with van der Waals surface area (Å²) in [5.74, 6) is 1.47. The molecule has 0 bridgehead atoms. The van der Waals surface area contributed by atoms with Crippen LogP contribution < -0.4 is 5.43 Å². The first-order chi connectivity index (χ1) is 14.4. The molecular formula is C15H14ClN8OS4Zn2-. The van der Waals surface area contributed by atoms with Crippen molar-refractivity contribution in [3.63, 3.8) is 0 Å². The van der Waals surface area contributed by atoms with Crippen LogP contribution >= 0.6 is 34.9 Å². The Morgan fingerprint density at radius 1 is 1.13 bits per heavy atom. The fraction of sp³-hybridized carbons (Fsp3) is 0.200. The summed E-state index contributed by atoms with van der Waals surface area (Å²) in [5, 5.41) is 20.0. The van der Waals surface area contributed by atoms with Gasteiger partial charge in [-0.25, -0.2) is 9.35 Å². The quantitative estimate of drug-likeness (QED) is 0.148. The second-order valence-corrected chi connectivity index (χ2v) is 6.91. The van der Waals surface area contributed by atoms with Crippen LogP contribution in [0.2, 0.25) is 0 Å². The maximum atomic E-state index is 12.8. The average Bonchev–Trinajstić information content (AvgIpc) is 3.30. The molecule has 3 rings (SSSR count). The number of rotatable bonds is 6. The van der Waals surface area contributed by atoms with Crippen molar-refractivity contribution in [1.29, 1.82) is 0 Å². The number of aromatic nitrogens is 6. The molecule has 0 saturated heterocycles. The van der Waals surface area contributed by atoms with E-state index in [0.29, 0.717) is 34.3 Å². The van der Waals surface area contributed by atoms with Crippen molar-refractivity contribution in [3.8, 4) is 0 Å². The van der Waals surface area contributed by atoms with Crippen LogP contribution in [0.4, 0.5) is 0 Å². The molecule has 2 heterocycles. The first kappa shape index (κ1) is 28.3. The Kier molecular flexibility index (Phi) is 12.6. The summed E-state index contributed by atoms with van der Waals surface area (Å²) in [4.78, 5) is 12.8. The Morgan fingerprint density at radius 3 is 2.39 bits per heavy atom. The topological polar surface area (TPSA) is 103 Å². The zero-order valence-corrected chi connectivity index (χ0v) is 26.4. The number of halogens is 1. The van der Waals surface area contributed by atoms with Gasteiger partial charge in [0, 0.05) is 47.1 Å². The van der Waals surface area contributed by atoms with Crippen molar-refractivity contribution < 1.29 is 41.6 Å². The molecule has 16 heteroatoms. The van der Waals surface area contributed by atoms with Crippen LogP contribution in [0.3, 0.4) is 0 Å². The summed E-state index contributed by atoms with van der Waals surface area (Å²) < 4.78 is 2.85. The third-order valence-corrected chi connectivity index (χ3v) is 4.70. The summed E-state index contributed by atoms with van der Waals surface area (Å²) in [6.45, 7) is 1.88. The number of nitrogens with zero attached hydrogens (tertiary/aromatic N) is 7. The number of nitrogens with one attached hydrogen (secondary N) is 1. The Bertz CT molecular complexity index is 1050. The number of hydrogen-bond acceptors (Lipinski definition) is 11. The molecule has 0 atom stereocenters. The molecule has 2 aromatic heterocycles. The molecule has 31 heavy (non-hydrogen) atoms. The van der Waals surface area contributed by atoms with E-state index < -0.39 is 0 Å². The minimum absolute atomic E-state index is 0. The van der Waals surface area contributed by atoms with Crippen LogP contribution in [-0.4, -0.2) is 41.7 Å². The van der Waals surface area contributed by atoms with Gasteiger partial charge >= 0.3 is 27.0 Å². The van der Waals surface area contributed by atoms with E-state index in [1.54, 1.807) is 12.2 Å². The summed E-state index contributed by atoms with van der Waals surface area (Å²) in [6.07, 6.45) is 6.44. The molecule has 9 nitrogen and oxygen atoms in total. The Balaban J connectivity index is 0.00000156. The Hall–Kier alpha value is -0.683. The van der Waals surface area contributed by atoms with Crippen molar-refractivity contribution in [2.24, 2.45) is 5.10 Å². The first-order valence-electron chi connectivity index (χ1n) is 8.11. The second kappa shape index (κ2) is 13.8. The van der Waals surface area contributed by atoms with Crippen molar-refractivity contribution in [2.45, 2.75) is 28.7 Å². The Morgan fingerprint density at radius 2 is 1.74 bits per heavy atom. The fourth-order valence-corrected chi connectivity index (χ4v) is 3.12. The maximum Gasteiger partial charge on any atom is 0 e. The molecule has 0 unspecified atom stereocenters. The minimum Gasteiger partial charge on any atom is 0 e. The molecule has 156 valence electrons. The molecule has 1 aliphatic carbocycles. The SMILES string of the molecule is CC1=C/C(=C/Nn2c([S-])nnc2CS)C(=O)C(/C=N\n2c([S-])nnc2CS)=C1.[Cl][Zn+].[Zn]. The number of thiol groups is 2. The van der Waals surface area contributed by atoms with Gasteiger partial charge in [-0.15, -0.1) is 10.2 Å². The molecular weight excluding hydrogens is 603 g/mol. The fourth-order valence-electron chi connectivity index (χ4n) is 2.33. The molecule has 0 amide bonds. The zero-order chi connectivity index (χ0) is 22.3. The van der Waals surface area contributed by atoms with Gasteiger partial charge < -0.3 is 25.3 Å².